The van der Waals surface area contributed by atoms with Gasteiger partial charge in [-0.15, -0.1) is 11.8 Å². The molecule has 1 fully saturated rings. The maximum atomic E-state index is 12.6. The second kappa shape index (κ2) is 9.84. The zero-order valence-electron chi connectivity index (χ0n) is 17.6. The van der Waals surface area contributed by atoms with E-state index in [2.05, 4.69) is 24.4 Å². The smallest absolute Gasteiger partial charge is 0.238 e. The van der Waals surface area contributed by atoms with Crippen LogP contribution in [0, 0.1) is 0 Å². The van der Waals surface area contributed by atoms with Crippen molar-refractivity contribution in [3.63, 3.8) is 0 Å². The van der Waals surface area contributed by atoms with E-state index in [0.717, 1.165) is 35.3 Å². The molecular weight excluding hydrogens is 404 g/mol. The molecular formula is C26H26N2O2S. The Bertz CT molecular complexity index is 1050. The van der Waals surface area contributed by atoms with Gasteiger partial charge in [0.15, 0.2) is 0 Å². The molecule has 1 saturated heterocycles. The number of rotatable bonds is 7. The Kier molecular flexibility index (Phi) is 6.73. The lowest BCUT2D eigenvalue weighted by atomic mass is 10.1. The molecule has 0 spiro atoms. The van der Waals surface area contributed by atoms with Crippen LogP contribution >= 0.6 is 11.8 Å². The van der Waals surface area contributed by atoms with Crippen LogP contribution in [0.3, 0.4) is 0 Å². The van der Waals surface area contributed by atoms with Gasteiger partial charge in [-0.05, 0) is 53.8 Å². The summed E-state index contributed by atoms with van der Waals surface area (Å²) in [5, 5.41) is 2.92. The summed E-state index contributed by atoms with van der Waals surface area (Å²) in [6.07, 6.45) is 2.10. The van der Waals surface area contributed by atoms with Gasteiger partial charge in [0, 0.05) is 17.8 Å². The predicted molar refractivity (Wildman–Crippen MR) is 128 cm³/mol. The fourth-order valence-corrected chi connectivity index (χ4v) is 4.91. The number of carbonyl (C=O) groups excluding carboxylic acids is 2. The minimum Gasteiger partial charge on any atom is -0.326 e. The summed E-state index contributed by atoms with van der Waals surface area (Å²) in [5.41, 5.74) is 5.14. The van der Waals surface area contributed by atoms with Gasteiger partial charge < -0.3 is 5.32 Å². The van der Waals surface area contributed by atoms with Crippen molar-refractivity contribution in [1.29, 1.82) is 0 Å². The highest BCUT2D eigenvalue weighted by Gasteiger charge is 2.34. The van der Waals surface area contributed by atoms with Gasteiger partial charge in [0.2, 0.25) is 11.8 Å². The fourth-order valence-electron chi connectivity index (χ4n) is 3.73. The SMILES string of the molecule is CCc1cccc(N2C(=O)CS[C@@H]2c2ccc(NC(=O)CCc3ccccc3)cc2)c1. The number of amides is 2. The Morgan fingerprint density at radius 3 is 2.48 bits per heavy atom. The number of nitrogens with zero attached hydrogens (tertiary/aromatic N) is 1. The molecule has 0 aliphatic carbocycles. The Hall–Kier alpha value is -3.05. The third-order valence-corrected chi connectivity index (χ3v) is 6.64. The van der Waals surface area contributed by atoms with Gasteiger partial charge in [0.1, 0.15) is 5.37 Å². The van der Waals surface area contributed by atoms with E-state index in [1.165, 1.54) is 5.56 Å². The minimum absolute atomic E-state index is 0.0000272. The van der Waals surface area contributed by atoms with Crippen LogP contribution in [-0.4, -0.2) is 17.6 Å². The number of hydrogen-bond acceptors (Lipinski definition) is 3. The van der Waals surface area contributed by atoms with Crippen LogP contribution < -0.4 is 10.2 Å². The molecule has 5 heteroatoms. The van der Waals surface area contributed by atoms with Gasteiger partial charge in [0.05, 0.1) is 5.75 Å². The molecule has 1 heterocycles. The standard InChI is InChI=1S/C26H26N2O2S/c1-2-19-9-6-10-23(17-19)28-25(30)18-31-26(28)21-12-14-22(15-13-21)27-24(29)16-11-20-7-4-3-5-8-20/h3-10,12-15,17,26H,2,11,16,18H2,1H3,(H,27,29)/t26-/m1/s1. The summed E-state index contributed by atoms with van der Waals surface area (Å²) in [5.74, 6) is 0.598. The van der Waals surface area contributed by atoms with Crippen molar-refractivity contribution in [2.24, 2.45) is 0 Å². The molecule has 1 N–H and O–H groups in total. The Balaban J connectivity index is 1.42. The molecule has 0 radical (unpaired) electrons. The van der Waals surface area contributed by atoms with E-state index in [1.807, 2.05) is 71.6 Å². The summed E-state index contributed by atoms with van der Waals surface area (Å²) < 4.78 is 0. The lowest BCUT2D eigenvalue weighted by Gasteiger charge is -2.25. The van der Waals surface area contributed by atoms with E-state index in [0.29, 0.717) is 12.2 Å². The Morgan fingerprint density at radius 2 is 1.74 bits per heavy atom. The second-order valence-electron chi connectivity index (χ2n) is 7.61. The van der Waals surface area contributed by atoms with Crippen LogP contribution in [-0.2, 0) is 22.4 Å². The number of benzene rings is 3. The molecule has 1 aliphatic heterocycles. The van der Waals surface area contributed by atoms with Crippen LogP contribution in [0.1, 0.15) is 35.4 Å². The summed E-state index contributed by atoms with van der Waals surface area (Å²) in [6, 6.07) is 26.0. The number of thioether (sulfide) groups is 1. The molecule has 158 valence electrons. The highest BCUT2D eigenvalue weighted by atomic mass is 32.2. The largest absolute Gasteiger partial charge is 0.326 e. The highest BCUT2D eigenvalue weighted by molar-refractivity contribution is 8.00. The summed E-state index contributed by atoms with van der Waals surface area (Å²) in [6.45, 7) is 2.12. The topological polar surface area (TPSA) is 49.4 Å². The van der Waals surface area contributed by atoms with Crippen molar-refractivity contribution in [2.75, 3.05) is 16.0 Å². The van der Waals surface area contributed by atoms with Gasteiger partial charge in [-0.3, -0.25) is 14.5 Å². The van der Waals surface area contributed by atoms with Crippen LogP contribution in [0.5, 0.6) is 0 Å². The molecule has 0 bridgehead atoms. The lowest BCUT2D eigenvalue weighted by molar-refractivity contribution is -0.116. The first kappa shape index (κ1) is 21.2. The van der Waals surface area contributed by atoms with Crippen LogP contribution in [0.4, 0.5) is 11.4 Å². The summed E-state index contributed by atoms with van der Waals surface area (Å²) in [7, 11) is 0. The maximum absolute atomic E-state index is 12.6. The summed E-state index contributed by atoms with van der Waals surface area (Å²) in [4.78, 5) is 26.8. The molecule has 0 unspecified atom stereocenters. The van der Waals surface area contributed by atoms with Crippen LogP contribution in [0.25, 0.3) is 0 Å². The molecule has 0 aromatic heterocycles. The number of carbonyl (C=O) groups is 2. The third-order valence-electron chi connectivity index (χ3n) is 5.43. The first-order valence-electron chi connectivity index (χ1n) is 10.6. The molecule has 4 nitrogen and oxygen atoms in total. The normalized spacial score (nSPS) is 15.8. The van der Waals surface area contributed by atoms with Crippen molar-refractivity contribution in [3.8, 4) is 0 Å². The highest BCUT2D eigenvalue weighted by Crippen LogP contribution is 2.42. The van der Waals surface area contributed by atoms with E-state index in [9.17, 15) is 9.59 Å². The van der Waals surface area contributed by atoms with Gasteiger partial charge in [0.25, 0.3) is 0 Å². The zero-order chi connectivity index (χ0) is 21.6. The van der Waals surface area contributed by atoms with Gasteiger partial charge in [-0.25, -0.2) is 0 Å². The average Bonchev–Trinajstić information content (AvgIpc) is 3.20. The monoisotopic (exact) mass is 430 g/mol. The number of hydrogen-bond donors (Lipinski definition) is 1. The van der Waals surface area contributed by atoms with Crippen molar-refractivity contribution < 1.29 is 9.59 Å². The Labute approximate surface area is 187 Å². The quantitative estimate of drug-likeness (QED) is 0.531. The molecule has 1 aliphatic rings. The molecule has 3 aromatic rings. The summed E-state index contributed by atoms with van der Waals surface area (Å²) >= 11 is 1.63. The van der Waals surface area contributed by atoms with E-state index in [1.54, 1.807) is 11.8 Å². The Morgan fingerprint density at radius 1 is 1.00 bits per heavy atom. The van der Waals surface area contributed by atoms with Crippen LogP contribution in [0.15, 0.2) is 78.9 Å². The van der Waals surface area contributed by atoms with Gasteiger partial charge in [-0.1, -0.05) is 61.5 Å². The van der Waals surface area contributed by atoms with Crippen molar-refractivity contribution in [3.05, 3.63) is 95.6 Å². The lowest BCUT2D eigenvalue weighted by Crippen LogP contribution is -2.27. The van der Waals surface area contributed by atoms with Crippen molar-refractivity contribution in [2.45, 2.75) is 31.6 Å². The van der Waals surface area contributed by atoms with Crippen LogP contribution in [0.2, 0.25) is 0 Å². The maximum Gasteiger partial charge on any atom is 0.238 e. The third kappa shape index (κ3) is 5.17. The molecule has 2 amide bonds. The van der Waals surface area contributed by atoms with Gasteiger partial charge in [-0.2, -0.15) is 0 Å². The number of aryl methyl sites for hydroxylation is 2. The first-order valence-corrected chi connectivity index (χ1v) is 11.7. The number of nitrogens with one attached hydrogen (secondary N) is 1. The van der Waals surface area contributed by atoms with Crippen molar-refractivity contribution >= 4 is 35.0 Å². The first-order chi connectivity index (χ1) is 15.1. The minimum atomic E-state index is -0.0533. The van der Waals surface area contributed by atoms with Gasteiger partial charge >= 0.3 is 0 Å². The zero-order valence-corrected chi connectivity index (χ0v) is 18.4. The molecule has 4 rings (SSSR count). The van der Waals surface area contributed by atoms with E-state index in [-0.39, 0.29) is 17.2 Å². The fraction of sp³-hybridized carbons (Fsp3) is 0.231. The predicted octanol–water partition coefficient (Wildman–Crippen LogP) is 5.60. The number of anilines is 2. The molecule has 31 heavy (non-hydrogen) atoms. The molecule has 3 aromatic carbocycles. The van der Waals surface area contributed by atoms with E-state index < -0.39 is 0 Å². The molecule has 0 saturated carbocycles. The van der Waals surface area contributed by atoms with E-state index in [4.69, 9.17) is 0 Å². The second-order valence-corrected chi connectivity index (χ2v) is 8.67. The van der Waals surface area contributed by atoms with Crippen molar-refractivity contribution in [1.82, 2.24) is 0 Å². The average molecular weight is 431 g/mol. The molecule has 1 atom stereocenters. The van der Waals surface area contributed by atoms with E-state index >= 15 is 0 Å².